The van der Waals surface area contributed by atoms with Crippen molar-refractivity contribution in [1.29, 1.82) is 0 Å². The molecule has 0 spiro atoms. The highest BCUT2D eigenvalue weighted by Crippen LogP contribution is 2.27. The van der Waals surface area contributed by atoms with Crippen molar-refractivity contribution in [3.8, 4) is 5.75 Å². The maximum absolute atomic E-state index is 12.2. The van der Waals surface area contributed by atoms with E-state index >= 15 is 0 Å². The number of rotatable bonds is 6. The Bertz CT molecular complexity index is 696. The van der Waals surface area contributed by atoms with E-state index in [0.29, 0.717) is 23.0 Å². The van der Waals surface area contributed by atoms with Gasteiger partial charge in [0.2, 0.25) is 15.9 Å². The summed E-state index contributed by atoms with van der Waals surface area (Å²) in [4.78, 5) is 14.1. The minimum absolute atomic E-state index is 0.156. The molecule has 1 saturated heterocycles. The number of halogens is 1. The van der Waals surface area contributed by atoms with Crippen LogP contribution < -0.4 is 14.8 Å². The van der Waals surface area contributed by atoms with Gasteiger partial charge in [0.25, 0.3) is 0 Å². The zero-order chi connectivity index (χ0) is 17.7. The second kappa shape index (κ2) is 8.15. The van der Waals surface area contributed by atoms with Crippen molar-refractivity contribution in [1.82, 2.24) is 9.62 Å². The molecule has 1 aliphatic heterocycles. The monoisotopic (exact) mass is 375 g/mol. The van der Waals surface area contributed by atoms with Gasteiger partial charge in [-0.25, -0.2) is 13.1 Å². The van der Waals surface area contributed by atoms with Crippen LogP contribution in [0.3, 0.4) is 0 Å². The SMILES string of the molecule is COc1ccc(NC(=O)CN2CCC[C@@H](NS(C)(=O)=O)C2)cc1Cl. The summed E-state index contributed by atoms with van der Waals surface area (Å²) >= 11 is 6.03. The summed E-state index contributed by atoms with van der Waals surface area (Å²) in [5.41, 5.74) is 0.591. The second-order valence-electron chi connectivity index (χ2n) is 5.86. The number of sulfonamides is 1. The number of anilines is 1. The Morgan fingerprint density at radius 3 is 2.83 bits per heavy atom. The largest absolute Gasteiger partial charge is 0.495 e. The van der Waals surface area contributed by atoms with Crippen LogP contribution in [0.4, 0.5) is 5.69 Å². The van der Waals surface area contributed by atoms with E-state index in [4.69, 9.17) is 16.3 Å². The van der Waals surface area contributed by atoms with Crippen LogP contribution in [-0.4, -0.2) is 58.3 Å². The molecule has 0 unspecified atom stereocenters. The maximum atomic E-state index is 12.2. The van der Waals surface area contributed by atoms with E-state index in [1.165, 1.54) is 7.11 Å². The summed E-state index contributed by atoms with van der Waals surface area (Å²) in [5, 5.41) is 3.21. The van der Waals surface area contributed by atoms with Crippen LogP contribution >= 0.6 is 11.6 Å². The van der Waals surface area contributed by atoms with Crippen molar-refractivity contribution >= 4 is 33.2 Å². The highest BCUT2D eigenvalue weighted by Gasteiger charge is 2.23. The quantitative estimate of drug-likeness (QED) is 0.782. The molecule has 1 heterocycles. The van der Waals surface area contributed by atoms with E-state index in [0.717, 1.165) is 25.6 Å². The summed E-state index contributed by atoms with van der Waals surface area (Å²) in [6.45, 7) is 1.48. The standard InChI is InChI=1S/C15H22ClN3O4S/c1-23-14-6-5-11(8-13(14)16)17-15(20)10-19-7-3-4-12(9-19)18-24(2,21)22/h5-6,8,12,18H,3-4,7,9-10H2,1-2H3,(H,17,20)/t12-/m1/s1. The highest BCUT2D eigenvalue weighted by molar-refractivity contribution is 7.88. The number of carbonyl (C=O) groups excluding carboxylic acids is 1. The molecule has 1 fully saturated rings. The molecule has 1 aliphatic rings. The Balaban J connectivity index is 1.88. The number of ether oxygens (including phenoxy) is 1. The zero-order valence-corrected chi connectivity index (χ0v) is 15.3. The number of nitrogens with zero attached hydrogens (tertiary/aromatic N) is 1. The lowest BCUT2D eigenvalue weighted by Crippen LogP contribution is -2.49. The number of nitrogens with one attached hydrogen (secondary N) is 2. The van der Waals surface area contributed by atoms with Crippen molar-refractivity contribution in [2.24, 2.45) is 0 Å². The number of hydrogen-bond donors (Lipinski definition) is 2. The van der Waals surface area contributed by atoms with Gasteiger partial charge in [-0.05, 0) is 37.6 Å². The third kappa shape index (κ3) is 5.94. The molecule has 24 heavy (non-hydrogen) atoms. The van der Waals surface area contributed by atoms with E-state index in [-0.39, 0.29) is 18.5 Å². The topological polar surface area (TPSA) is 87.7 Å². The predicted octanol–water partition coefficient (Wildman–Crippen LogP) is 1.30. The molecule has 134 valence electrons. The lowest BCUT2D eigenvalue weighted by Gasteiger charge is -2.32. The number of piperidine rings is 1. The van der Waals surface area contributed by atoms with Crippen molar-refractivity contribution in [2.45, 2.75) is 18.9 Å². The first-order valence-electron chi connectivity index (χ1n) is 7.60. The molecule has 1 atom stereocenters. The van der Waals surface area contributed by atoms with E-state index < -0.39 is 10.0 Å². The lowest BCUT2D eigenvalue weighted by molar-refractivity contribution is -0.117. The maximum Gasteiger partial charge on any atom is 0.238 e. The number of likely N-dealkylation sites (tertiary alicyclic amines) is 1. The summed E-state index contributed by atoms with van der Waals surface area (Å²) < 4.78 is 30.3. The van der Waals surface area contributed by atoms with Gasteiger partial charge >= 0.3 is 0 Å². The number of benzene rings is 1. The Hall–Kier alpha value is -1.35. The third-order valence-electron chi connectivity index (χ3n) is 3.69. The highest BCUT2D eigenvalue weighted by atomic mass is 35.5. The van der Waals surface area contributed by atoms with Crippen LogP contribution in [0.2, 0.25) is 5.02 Å². The van der Waals surface area contributed by atoms with Crippen molar-refractivity contribution in [2.75, 3.05) is 38.3 Å². The summed E-state index contributed by atoms with van der Waals surface area (Å²) in [6, 6.07) is 4.87. The number of methoxy groups -OCH3 is 1. The zero-order valence-electron chi connectivity index (χ0n) is 13.7. The number of amides is 1. The Labute approximate surface area is 147 Å². The van der Waals surface area contributed by atoms with Crippen LogP contribution in [0.1, 0.15) is 12.8 Å². The molecule has 0 aliphatic carbocycles. The minimum Gasteiger partial charge on any atom is -0.495 e. The lowest BCUT2D eigenvalue weighted by atomic mass is 10.1. The van der Waals surface area contributed by atoms with Crippen molar-refractivity contribution < 1.29 is 17.9 Å². The minimum atomic E-state index is -3.24. The third-order valence-corrected chi connectivity index (χ3v) is 4.75. The van der Waals surface area contributed by atoms with Crippen molar-refractivity contribution in [3.05, 3.63) is 23.2 Å². The fraction of sp³-hybridized carbons (Fsp3) is 0.533. The molecule has 2 rings (SSSR count). The summed E-state index contributed by atoms with van der Waals surface area (Å²) in [6.07, 6.45) is 2.76. The molecule has 0 aromatic heterocycles. The molecular weight excluding hydrogens is 354 g/mol. The molecule has 0 bridgehead atoms. The van der Waals surface area contributed by atoms with Gasteiger partial charge in [-0.15, -0.1) is 0 Å². The molecule has 1 amide bonds. The van der Waals surface area contributed by atoms with E-state index in [2.05, 4.69) is 10.0 Å². The van der Waals surface area contributed by atoms with E-state index in [1.807, 2.05) is 4.90 Å². The van der Waals surface area contributed by atoms with E-state index in [9.17, 15) is 13.2 Å². The molecular formula is C15H22ClN3O4S. The van der Waals surface area contributed by atoms with Crippen LogP contribution in [-0.2, 0) is 14.8 Å². The average molecular weight is 376 g/mol. The Morgan fingerprint density at radius 2 is 2.21 bits per heavy atom. The van der Waals surface area contributed by atoms with Crippen LogP contribution in [0.15, 0.2) is 18.2 Å². The first kappa shape index (κ1) is 19.0. The molecule has 0 saturated carbocycles. The Morgan fingerprint density at radius 1 is 1.46 bits per heavy atom. The molecule has 1 aromatic carbocycles. The first-order valence-corrected chi connectivity index (χ1v) is 9.87. The van der Waals surface area contributed by atoms with Crippen LogP contribution in [0.5, 0.6) is 5.75 Å². The normalized spacial score (nSPS) is 19.0. The fourth-order valence-electron chi connectivity index (χ4n) is 2.75. The van der Waals surface area contributed by atoms with Gasteiger partial charge in [-0.2, -0.15) is 0 Å². The number of hydrogen-bond acceptors (Lipinski definition) is 5. The van der Waals surface area contributed by atoms with E-state index in [1.54, 1.807) is 18.2 Å². The molecule has 7 nitrogen and oxygen atoms in total. The summed E-state index contributed by atoms with van der Waals surface area (Å²) in [5.74, 6) is 0.372. The van der Waals surface area contributed by atoms with Crippen LogP contribution in [0.25, 0.3) is 0 Å². The Kier molecular flexibility index (Phi) is 6.45. The average Bonchev–Trinajstić information content (AvgIpc) is 2.45. The smallest absolute Gasteiger partial charge is 0.238 e. The van der Waals surface area contributed by atoms with Gasteiger partial charge in [0.1, 0.15) is 5.75 Å². The first-order chi connectivity index (χ1) is 11.3. The van der Waals surface area contributed by atoms with Gasteiger partial charge in [0, 0.05) is 18.3 Å². The molecule has 9 heteroatoms. The van der Waals surface area contributed by atoms with Gasteiger partial charge in [-0.3, -0.25) is 9.69 Å². The van der Waals surface area contributed by atoms with Gasteiger partial charge in [0.05, 0.1) is 24.9 Å². The second-order valence-corrected chi connectivity index (χ2v) is 8.05. The number of carbonyl (C=O) groups is 1. The van der Waals surface area contributed by atoms with Crippen molar-refractivity contribution in [3.63, 3.8) is 0 Å². The molecule has 2 N–H and O–H groups in total. The molecule has 0 radical (unpaired) electrons. The summed E-state index contributed by atoms with van der Waals surface area (Å²) in [7, 11) is -1.71. The predicted molar refractivity (Wildman–Crippen MR) is 94.1 cm³/mol. The van der Waals surface area contributed by atoms with Gasteiger partial charge < -0.3 is 10.1 Å². The van der Waals surface area contributed by atoms with Crippen LogP contribution in [0, 0.1) is 0 Å². The van der Waals surface area contributed by atoms with Gasteiger partial charge in [-0.1, -0.05) is 11.6 Å². The van der Waals surface area contributed by atoms with Gasteiger partial charge in [0.15, 0.2) is 0 Å². The molecule has 1 aromatic rings. The fourth-order valence-corrected chi connectivity index (χ4v) is 3.80.